The molecule has 0 radical (unpaired) electrons. The largest absolute Gasteiger partial charge is 0.319 e. The molecule has 1 aliphatic carbocycles. The summed E-state index contributed by atoms with van der Waals surface area (Å²) in [5.41, 5.74) is 0. The quantitative estimate of drug-likeness (QED) is 0.836. The van der Waals surface area contributed by atoms with E-state index in [0.29, 0.717) is 0 Å². The van der Waals surface area contributed by atoms with Gasteiger partial charge >= 0.3 is 0 Å². The van der Waals surface area contributed by atoms with Gasteiger partial charge in [0.1, 0.15) is 0 Å². The second-order valence-corrected chi connectivity index (χ2v) is 5.99. The van der Waals surface area contributed by atoms with E-state index in [9.17, 15) is 0 Å². The van der Waals surface area contributed by atoms with E-state index in [1.54, 1.807) is 0 Å². The molecule has 17 heavy (non-hydrogen) atoms. The van der Waals surface area contributed by atoms with Gasteiger partial charge in [0.05, 0.1) is 0 Å². The van der Waals surface area contributed by atoms with Gasteiger partial charge in [-0.3, -0.25) is 0 Å². The molecule has 2 fully saturated rings. The normalized spacial score (nSPS) is 34.6. The molecular formula is C14H29ClN2. The maximum Gasteiger partial charge on any atom is 0.00224 e. The minimum Gasteiger partial charge on any atom is -0.319 e. The Labute approximate surface area is 113 Å². The lowest BCUT2D eigenvalue weighted by Gasteiger charge is -2.32. The SMILES string of the molecule is CNCC1CCN(CC2CCCCC2C)C1.Cl. The molecule has 3 heteroatoms. The molecule has 3 atom stereocenters. The molecule has 0 aromatic rings. The van der Waals surface area contributed by atoms with Gasteiger partial charge in [-0.15, -0.1) is 12.4 Å². The maximum absolute atomic E-state index is 3.32. The van der Waals surface area contributed by atoms with Crippen LogP contribution in [0, 0.1) is 17.8 Å². The summed E-state index contributed by atoms with van der Waals surface area (Å²) in [6, 6.07) is 0. The summed E-state index contributed by atoms with van der Waals surface area (Å²) in [6.07, 6.45) is 7.30. The van der Waals surface area contributed by atoms with E-state index in [0.717, 1.165) is 17.8 Å². The smallest absolute Gasteiger partial charge is 0.00224 e. The Bertz CT molecular complexity index is 210. The number of nitrogens with zero attached hydrogens (tertiary/aromatic N) is 1. The number of halogens is 1. The third kappa shape index (κ3) is 4.42. The van der Waals surface area contributed by atoms with E-state index >= 15 is 0 Å². The van der Waals surface area contributed by atoms with Crippen LogP contribution in [0.25, 0.3) is 0 Å². The fourth-order valence-corrected chi connectivity index (χ4v) is 3.53. The molecule has 1 saturated carbocycles. The lowest BCUT2D eigenvalue weighted by molar-refractivity contribution is 0.177. The van der Waals surface area contributed by atoms with Crippen molar-refractivity contribution in [3.05, 3.63) is 0 Å². The number of nitrogens with one attached hydrogen (secondary N) is 1. The van der Waals surface area contributed by atoms with E-state index in [1.807, 2.05) is 0 Å². The molecule has 1 saturated heterocycles. The van der Waals surface area contributed by atoms with Crippen LogP contribution >= 0.6 is 12.4 Å². The van der Waals surface area contributed by atoms with Crippen molar-refractivity contribution in [2.45, 2.75) is 39.0 Å². The standard InChI is InChI=1S/C14H28N2.ClH/c1-12-5-3-4-6-14(12)11-16-8-7-13(10-16)9-15-2;/h12-15H,3-11H2,1-2H3;1H. The zero-order valence-electron chi connectivity index (χ0n) is 11.5. The van der Waals surface area contributed by atoms with Gasteiger partial charge in [-0.2, -0.15) is 0 Å². The van der Waals surface area contributed by atoms with Crippen LogP contribution in [0.4, 0.5) is 0 Å². The fourth-order valence-electron chi connectivity index (χ4n) is 3.53. The second kappa shape index (κ2) is 7.60. The fraction of sp³-hybridized carbons (Fsp3) is 1.00. The molecule has 1 aliphatic heterocycles. The molecule has 102 valence electrons. The summed E-state index contributed by atoms with van der Waals surface area (Å²) in [4.78, 5) is 2.72. The van der Waals surface area contributed by atoms with Crippen LogP contribution in [-0.4, -0.2) is 38.1 Å². The summed E-state index contributed by atoms with van der Waals surface area (Å²) in [5, 5.41) is 3.32. The molecule has 2 aliphatic rings. The molecule has 0 spiro atoms. The summed E-state index contributed by atoms with van der Waals surface area (Å²) >= 11 is 0. The summed E-state index contributed by atoms with van der Waals surface area (Å²) < 4.78 is 0. The predicted molar refractivity (Wildman–Crippen MR) is 76.8 cm³/mol. The highest BCUT2D eigenvalue weighted by Crippen LogP contribution is 2.31. The number of rotatable bonds is 4. The zero-order chi connectivity index (χ0) is 11.4. The Morgan fingerprint density at radius 3 is 2.65 bits per heavy atom. The lowest BCUT2D eigenvalue weighted by Crippen LogP contribution is -2.33. The van der Waals surface area contributed by atoms with Gasteiger partial charge in [0.25, 0.3) is 0 Å². The lowest BCUT2D eigenvalue weighted by atomic mass is 9.80. The van der Waals surface area contributed by atoms with Crippen molar-refractivity contribution >= 4 is 12.4 Å². The Morgan fingerprint density at radius 1 is 1.18 bits per heavy atom. The van der Waals surface area contributed by atoms with Gasteiger partial charge in [0, 0.05) is 13.1 Å². The van der Waals surface area contributed by atoms with Crippen LogP contribution in [0.3, 0.4) is 0 Å². The minimum absolute atomic E-state index is 0. The topological polar surface area (TPSA) is 15.3 Å². The van der Waals surface area contributed by atoms with Gasteiger partial charge in [0.2, 0.25) is 0 Å². The highest BCUT2D eigenvalue weighted by molar-refractivity contribution is 5.85. The first-order valence-corrected chi connectivity index (χ1v) is 7.16. The van der Waals surface area contributed by atoms with E-state index < -0.39 is 0 Å². The molecule has 2 rings (SSSR count). The first-order chi connectivity index (χ1) is 7.79. The molecule has 0 aromatic heterocycles. The van der Waals surface area contributed by atoms with E-state index in [1.165, 1.54) is 58.3 Å². The van der Waals surface area contributed by atoms with Crippen molar-refractivity contribution in [2.24, 2.45) is 17.8 Å². The zero-order valence-corrected chi connectivity index (χ0v) is 12.3. The van der Waals surface area contributed by atoms with Crippen LogP contribution in [0.15, 0.2) is 0 Å². The highest BCUT2D eigenvalue weighted by atomic mass is 35.5. The van der Waals surface area contributed by atoms with Crippen molar-refractivity contribution in [1.29, 1.82) is 0 Å². The first-order valence-electron chi connectivity index (χ1n) is 7.16. The van der Waals surface area contributed by atoms with Gasteiger partial charge in [-0.05, 0) is 50.7 Å². The average molecular weight is 261 g/mol. The predicted octanol–water partition coefficient (Wildman–Crippen LogP) is 2.78. The minimum atomic E-state index is 0. The number of hydrogen-bond donors (Lipinski definition) is 1. The molecule has 2 nitrogen and oxygen atoms in total. The first kappa shape index (κ1) is 15.3. The number of likely N-dealkylation sites (tertiary alicyclic amines) is 1. The molecular weight excluding hydrogens is 232 g/mol. The summed E-state index contributed by atoms with van der Waals surface area (Å²) in [7, 11) is 2.08. The Morgan fingerprint density at radius 2 is 1.94 bits per heavy atom. The van der Waals surface area contributed by atoms with Crippen molar-refractivity contribution < 1.29 is 0 Å². The van der Waals surface area contributed by atoms with E-state index in [4.69, 9.17) is 0 Å². The van der Waals surface area contributed by atoms with Crippen molar-refractivity contribution in [1.82, 2.24) is 10.2 Å². The van der Waals surface area contributed by atoms with Crippen molar-refractivity contribution in [3.8, 4) is 0 Å². The monoisotopic (exact) mass is 260 g/mol. The van der Waals surface area contributed by atoms with Gasteiger partial charge < -0.3 is 10.2 Å². The molecule has 1 heterocycles. The molecule has 0 aromatic carbocycles. The third-order valence-corrected chi connectivity index (χ3v) is 4.64. The van der Waals surface area contributed by atoms with Crippen molar-refractivity contribution in [2.75, 3.05) is 33.2 Å². The molecule has 0 bridgehead atoms. The van der Waals surface area contributed by atoms with Crippen LogP contribution in [0.5, 0.6) is 0 Å². The Kier molecular flexibility index (Phi) is 6.83. The van der Waals surface area contributed by atoms with Gasteiger partial charge in [-0.1, -0.05) is 26.2 Å². The molecule has 1 N–H and O–H groups in total. The van der Waals surface area contributed by atoms with Crippen molar-refractivity contribution in [3.63, 3.8) is 0 Å². The van der Waals surface area contributed by atoms with Gasteiger partial charge in [-0.25, -0.2) is 0 Å². The summed E-state index contributed by atoms with van der Waals surface area (Å²) in [5.74, 6) is 2.86. The van der Waals surface area contributed by atoms with Crippen LogP contribution in [-0.2, 0) is 0 Å². The average Bonchev–Trinajstić information content (AvgIpc) is 2.70. The van der Waals surface area contributed by atoms with E-state index in [-0.39, 0.29) is 12.4 Å². The molecule has 3 unspecified atom stereocenters. The summed E-state index contributed by atoms with van der Waals surface area (Å²) in [6.45, 7) is 7.72. The maximum atomic E-state index is 3.32. The van der Waals surface area contributed by atoms with Gasteiger partial charge in [0.15, 0.2) is 0 Å². The molecule has 0 amide bonds. The second-order valence-electron chi connectivity index (χ2n) is 5.99. The Hall–Kier alpha value is 0.210. The third-order valence-electron chi connectivity index (χ3n) is 4.64. The van der Waals surface area contributed by atoms with E-state index in [2.05, 4.69) is 24.2 Å². The highest BCUT2D eigenvalue weighted by Gasteiger charge is 2.27. The Balaban J connectivity index is 0.00000144. The van der Waals surface area contributed by atoms with Crippen LogP contribution in [0.1, 0.15) is 39.0 Å². The number of hydrogen-bond acceptors (Lipinski definition) is 2. The van der Waals surface area contributed by atoms with Crippen LogP contribution in [0.2, 0.25) is 0 Å². The van der Waals surface area contributed by atoms with Crippen LogP contribution < -0.4 is 5.32 Å².